The maximum Gasteiger partial charge on any atom is 0.307 e. The largest absolute Gasteiger partial charge is 0.481 e. The van der Waals surface area contributed by atoms with Crippen LogP contribution >= 0.6 is 0 Å². The van der Waals surface area contributed by atoms with Crippen LogP contribution in [-0.4, -0.2) is 48.1 Å². The van der Waals surface area contributed by atoms with Crippen LogP contribution in [0.25, 0.3) is 0 Å². The van der Waals surface area contributed by atoms with Crippen molar-refractivity contribution in [1.29, 1.82) is 0 Å². The molecule has 1 saturated heterocycles. The molecule has 1 unspecified atom stereocenters. The second kappa shape index (κ2) is 5.04. The summed E-state index contributed by atoms with van der Waals surface area (Å²) in [7, 11) is 0. The Bertz CT molecular complexity index is 313. The van der Waals surface area contributed by atoms with E-state index in [0.29, 0.717) is 25.4 Å². The first-order chi connectivity index (χ1) is 8.09. The van der Waals surface area contributed by atoms with Crippen molar-refractivity contribution in [1.82, 2.24) is 10.2 Å². The standard InChI is InChI=1S/C12H20N2O3/c1-8-6-9(10(7-8)12(16)17)11(15)14-4-2-13-3-5-14/h8-10,13H,2-7H2,1H3,(H,16,17)/t8?,9-,10+/m0/s1. The second-order valence-electron chi connectivity index (χ2n) is 5.20. The van der Waals surface area contributed by atoms with Crippen molar-refractivity contribution in [2.75, 3.05) is 26.2 Å². The topological polar surface area (TPSA) is 69.6 Å². The zero-order valence-corrected chi connectivity index (χ0v) is 10.2. The smallest absolute Gasteiger partial charge is 0.307 e. The van der Waals surface area contributed by atoms with Crippen LogP contribution in [0.1, 0.15) is 19.8 Å². The first-order valence-electron chi connectivity index (χ1n) is 6.32. The summed E-state index contributed by atoms with van der Waals surface area (Å²) in [6.07, 6.45) is 1.36. The van der Waals surface area contributed by atoms with Gasteiger partial charge in [0.05, 0.1) is 11.8 Å². The van der Waals surface area contributed by atoms with Gasteiger partial charge in [-0.1, -0.05) is 6.92 Å². The monoisotopic (exact) mass is 240 g/mol. The Morgan fingerprint density at radius 3 is 2.35 bits per heavy atom. The number of carboxylic acid groups (broad SMARTS) is 1. The number of hydrogen-bond donors (Lipinski definition) is 2. The van der Waals surface area contributed by atoms with Crippen LogP contribution in [0.15, 0.2) is 0 Å². The van der Waals surface area contributed by atoms with Gasteiger partial charge in [-0.15, -0.1) is 0 Å². The highest BCUT2D eigenvalue weighted by Gasteiger charge is 2.42. The molecule has 0 aromatic carbocycles. The van der Waals surface area contributed by atoms with Crippen LogP contribution < -0.4 is 5.32 Å². The lowest BCUT2D eigenvalue weighted by molar-refractivity contribution is -0.149. The minimum Gasteiger partial charge on any atom is -0.481 e. The van der Waals surface area contributed by atoms with Crippen LogP contribution in [0.4, 0.5) is 0 Å². The van der Waals surface area contributed by atoms with E-state index in [0.717, 1.165) is 19.5 Å². The highest BCUT2D eigenvalue weighted by Crippen LogP contribution is 2.37. The third-order valence-corrected chi connectivity index (χ3v) is 3.86. The first-order valence-corrected chi connectivity index (χ1v) is 6.32. The van der Waals surface area contributed by atoms with E-state index in [9.17, 15) is 9.59 Å². The normalized spacial score (nSPS) is 33.7. The van der Waals surface area contributed by atoms with Gasteiger partial charge in [-0.05, 0) is 18.8 Å². The summed E-state index contributed by atoms with van der Waals surface area (Å²) in [5, 5.41) is 12.4. The predicted octanol–water partition coefficient (Wildman–Crippen LogP) is 0.165. The second-order valence-corrected chi connectivity index (χ2v) is 5.20. The van der Waals surface area contributed by atoms with E-state index in [1.54, 1.807) is 0 Å². The number of rotatable bonds is 2. The molecule has 2 N–H and O–H groups in total. The maximum absolute atomic E-state index is 12.3. The van der Waals surface area contributed by atoms with Gasteiger partial charge < -0.3 is 15.3 Å². The van der Waals surface area contributed by atoms with Gasteiger partial charge in [0.2, 0.25) is 5.91 Å². The molecule has 1 aliphatic carbocycles. The fourth-order valence-corrected chi connectivity index (χ4v) is 2.96. The van der Waals surface area contributed by atoms with Crippen LogP contribution in [0, 0.1) is 17.8 Å². The van der Waals surface area contributed by atoms with Gasteiger partial charge in [-0.2, -0.15) is 0 Å². The van der Waals surface area contributed by atoms with Gasteiger partial charge >= 0.3 is 5.97 Å². The van der Waals surface area contributed by atoms with E-state index >= 15 is 0 Å². The van der Waals surface area contributed by atoms with E-state index < -0.39 is 11.9 Å². The number of nitrogens with one attached hydrogen (secondary N) is 1. The molecule has 0 bridgehead atoms. The summed E-state index contributed by atoms with van der Waals surface area (Å²) in [5.41, 5.74) is 0. The molecule has 96 valence electrons. The Morgan fingerprint density at radius 1 is 1.18 bits per heavy atom. The van der Waals surface area contributed by atoms with Gasteiger partial charge in [0.15, 0.2) is 0 Å². The maximum atomic E-state index is 12.3. The highest BCUT2D eigenvalue weighted by molar-refractivity contribution is 5.85. The van der Waals surface area contributed by atoms with E-state index in [1.165, 1.54) is 0 Å². The molecule has 1 aliphatic heterocycles. The third-order valence-electron chi connectivity index (χ3n) is 3.86. The molecular formula is C12H20N2O3. The molecule has 5 heteroatoms. The number of carbonyl (C=O) groups is 2. The van der Waals surface area contributed by atoms with Gasteiger partial charge in [0.25, 0.3) is 0 Å². The molecular weight excluding hydrogens is 220 g/mol. The zero-order valence-electron chi connectivity index (χ0n) is 10.2. The number of piperazine rings is 1. The Morgan fingerprint density at radius 2 is 1.76 bits per heavy atom. The molecule has 0 radical (unpaired) electrons. The fourth-order valence-electron chi connectivity index (χ4n) is 2.96. The van der Waals surface area contributed by atoms with E-state index in [1.807, 2.05) is 11.8 Å². The minimum absolute atomic E-state index is 0.0447. The van der Waals surface area contributed by atoms with Gasteiger partial charge in [0, 0.05) is 26.2 Å². The van der Waals surface area contributed by atoms with Crippen molar-refractivity contribution in [3.05, 3.63) is 0 Å². The fraction of sp³-hybridized carbons (Fsp3) is 0.833. The lowest BCUT2D eigenvalue weighted by Crippen LogP contribution is -2.49. The number of amides is 1. The molecule has 2 fully saturated rings. The number of hydrogen-bond acceptors (Lipinski definition) is 3. The van der Waals surface area contributed by atoms with Gasteiger partial charge in [0.1, 0.15) is 0 Å². The number of carboxylic acids is 1. The Balaban J connectivity index is 2.04. The molecule has 1 amide bonds. The van der Waals surface area contributed by atoms with Crippen molar-refractivity contribution in [2.24, 2.45) is 17.8 Å². The summed E-state index contributed by atoms with van der Waals surface area (Å²) < 4.78 is 0. The van der Waals surface area contributed by atoms with Crippen molar-refractivity contribution < 1.29 is 14.7 Å². The number of aliphatic carboxylic acids is 1. The van der Waals surface area contributed by atoms with E-state index in [-0.39, 0.29) is 11.8 Å². The van der Waals surface area contributed by atoms with Gasteiger partial charge in [-0.3, -0.25) is 9.59 Å². The number of carbonyl (C=O) groups excluding carboxylic acids is 1. The average Bonchev–Trinajstić information content (AvgIpc) is 2.72. The minimum atomic E-state index is -0.817. The third kappa shape index (κ3) is 2.60. The predicted molar refractivity (Wildman–Crippen MR) is 62.5 cm³/mol. The summed E-state index contributed by atoms with van der Waals surface area (Å²) in [5.74, 6) is -1.22. The Hall–Kier alpha value is -1.10. The van der Waals surface area contributed by atoms with Gasteiger partial charge in [-0.25, -0.2) is 0 Å². The van der Waals surface area contributed by atoms with Crippen molar-refractivity contribution in [3.63, 3.8) is 0 Å². The van der Waals surface area contributed by atoms with Crippen molar-refractivity contribution in [3.8, 4) is 0 Å². The van der Waals surface area contributed by atoms with Crippen LogP contribution in [0.3, 0.4) is 0 Å². The molecule has 0 aromatic rings. The van der Waals surface area contributed by atoms with Crippen molar-refractivity contribution in [2.45, 2.75) is 19.8 Å². The summed E-state index contributed by atoms with van der Waals surface area (Å²) in [6.45, 7) is 5.06. The summed E-state index contributed by atoms with van der Waals surface area (Å²) in [6, 6.07) is 0. The molecule has 3 atom stereocenters. The average molecular weight is 240 g/mol. The lowest BCUT2D eigenvalue weighted by atomic mass is 9.94. The number of nitrogens with zero attached hydrogens (tertiary/aromatic N) is 1. The molecule has 0 spiro atoms. The summed E-state index contributed by atoms with van der Waals surface area (Å²) >= 11 is 0. The molecule has 2 aliphatic rings. The quantitative estimate of drug-likeness (QED) is 0.721. The molecule has 1 saturated carbocycles. The first kappa shape index (κ1) is 12.4. The Kier molecular flexibility index (Phi) is 3.66. The SMILES string of the molecule is CC1C[C@H](C(=O)N2CCNCC2)[C@H](C(=O)O)C1. The lowest BCUT2D eigenvalue weighted by Gasteiger charge is -2.30. The zero-order chi connectivity index (χ0) is 12.4. The molecule has 0 aromatic heterocycles. The van der Waals surface area contributed by atoms with Crippen molar-refractivity contribution >= 4 is 11.9 Å². The molecule has 1 heterocycles. The molecule has 2 rings (SSSR count). The van der Waals surface area contributed by atoms with Crippen LogP contribution in [-0.2, 0) is 9.59 Å². The molecule has 17 heavy (non-hydrogen) atoms. The van der Waals surface area contributed by atoms with E-state index in [2.05, 4.69) is 5.32 Å². The van der Waals surface area contributed by atoms with E-state index in [4.69, 9.17) is 5.11 Å². The highest BCUT2D eigenvalue weighted by atomic mass is 16.4. The van der Waals surface area contributed by atoms with Crippen LogP contribution in [0.2, 0.25) is 0 Å². The summed E-state index contributed by atoms with van der Waals surface area (Å²) in [4.78, 5) is 25.3. The van der Waals surface area contributed by atoms with Crippen LogP contribution in [0.5, 0.6) is 0 Å². The Labute approximate surface area is 101 Å². The molecule has 5 nitrogen and oxygen atoms in total.